The zero-order valence-corrected chi connectivity index (χ0v) is 11.9. The predicted molar refractivity (Wildman–Crippen MR) is 76.9 cm³/mol. The van der Waals surface area contributed by atoms with Gasteiger partial charge in [-0.2, -0.15) is 0 Å². The van der Waals surface area contributed by atoms with Crippen molar-refractivity contribution < 1.29 is 14.7 Å². The van der Waals surface area contributed by atoms with Crippen LogP contribution < -0.4 is 10.6 Å². The lowest BCUT2D eigenvalue weighted by Gasteiger charge is -2.46. The van der Waals surface area contributed by atoms with Crippen molar-refractivity contribution in [1.82, 2.24) is 4.90 Å². The molecule has 0 spiro atoms. The Hall–Kier alpha value is -2.24. The largest absolute Gasteiger partial charge is 0.478 e. The van der Waals surface area contributed by atoms with Gasteiger partial charge in [0.05, 0.1) is 16.9 Å². The molecule has 1 heterocycles. The van der Waals surface area contributed by atoms with Crippen LogP contribution in [0, 0.1) is 0 Å². The SMILES string of the molecule is CN1CCN(c2cccc(C(=O)O)c2N)C(C)(C)C1=O. The van der Waals surface area contributed by atoms with Gasteiger partial charge in [0.15, 0.2) is 0 Å². The molecule has 1 saturated heterocycles. The standard InChI is InChI=1S/C14H19N3O3/c1-14(2)13(20)16(3)7-8-17(14)10-6-4-5-9(11(10)15)12(18)19/h4-6H,7-8,15H2,1-3H3,(H,18,19). The van der Waals surface area contributed by atoms with Crippen molar-refractivity contribution >= 4 is 23.3 Å². The van der Waals surface area contributed by atoms with E-state index >= 15 is 0 Å². The Balaban J connectivity index is 2.49. The van der Waals surface area contributed by atoms with Gasteiger partial charge in [-0.15, -0.1) is 0 Å². The number of carbonyl (C=O) groups is 2. The summed E-state index contributed by atoms with van der Waals surface area (Å²) in [5.74, 6) is -1.08. The van der Waals surface area contributed by atoms with Crippen LogP contribution in [0.5, 0.6) is 0 Å². The number of aromatic carboxylic acids is 1. The summed E-state index contributed by atoms with van der Waals surface area (Å²) in [5.41, 5.74) is 6.07. The first-order chi connectivity index (χ1) is 9.26. The molecule has 1 amide bonds. The molecule has 3 N–H and O–H groups in total. The average molecular weight is 277 g/mol. The molecular formula is C14H19N3O3. The highest BCUT2D eigenvalue weighted by molar-refractivity contribution is 5.99. The van der Waals surface area contributed by atoms with Gasteiger partial charge in [-0.05, 0) is 26.0 Å². The van der Waals surface area contributed by atoms with Gasteiger partial charge >= 0.3 is 5.97 Å². The van der Waals surface area contributed by atoms with E-state index in [0.717, 1.165) is 0 Å². The number of anilines is 2. The van der Waals surface area contributed by atoms with E-state index in [0.29, 0.717) is 18.8 Å². The van der Waals surface area contributed by atoms with Crippen LogP contribution in [0.1, 0.15) is 24.2 Å². The molecule has 6 nitrogen and oxygen atoms in total. The molecule has 1 fully saturated rings. The summed E-state index contributed by atoms with van der Waals surface area (Å²) >= 11 is 0. The molecule has 0 radical (unpaired) electrons. The van der Waals surface area contributed by atoms with E-state index in [2.05, 4.69) is 0 Å². The maximum atomic E-state index is 12.3. The molecule has 0 unspecified atom stereocenters. The van der Waals surface area contributed by atoms with Gasteiger partial charge in [-0.25, -0.2) is 4.79 Å². The molecule has 20 heavy (non-hydrogen) atoms. The fraction of sp³-hybridized carbons (Fsp3) is 0.429. The van der Waals surface area contributed by atoms with Crippen LogP contribution in [0.3, 0.4) is 0 Å². The number of piperazine rings is 1. The monoisotopic (exact) mass is 277 g/mol. The zero-order valence-electron chi connectivity index (χ0n) is 11.9. The van der Waals surface area contributed by atoms with Gasteiger partial charge in [-0.1, -0.05) is 6.07 Å². The molecule has 6 heteroatoms. The second kappa shape index (κ2) is 4.70. The first kappa shape index (κ1) is 14.2. The van der Waals surface area contributed by atoms with Gasteiger partial charge < -0.3 is 20.6 Å². The van der Waals surface area contributed by atoms with Crippen molar-refractivity contribution in [2.75, 3.05) is 30.8 Å². The van der Waals surface area contributed by atoms with Crippen molar-refractivity contribution in [3.63, 3.8) is 0 Å². The number of likely N-dealkylation sites (N-methyl/N-ethyl adjacent to an activating group) is 1. The minimum Gasteiger partial charge on any atom is -0.478 e. The van der Waals surface area contributed by atoms with Crippen molar-refractivity contribution in [3.8, 4) is 0 Å². The number of nitrogens with two attached hydrogens (primary N) is 1. The van der Waals surface area contributed by atoms with Crippen LogP contribution in [-0.2, 0) is 4.79 Å². The number of hydrogen-bond acceptors (Lipinski definition) is 4. The van der Waals surface area contributed by atoms with Crippen molar-refractivity contribution in [2.45, 2.75) is 19.4 Å². The van der Waals surface area contributed by atoms with E-state index in [4.69, 9.17) is 10.8 Å². The Kier molecular flexibility index (Phi) is 3.33. The lowest BCUT2D eigenvalue weighted by molar-refractivity contribution is -0.136. The fourth-order valence-electron chi connectivity index (χ4n) is 2.61. The van der Waals surface area contributed by atoms with Crippen LogP contribution >= 0.6 is 0 Å². The Morgan fingerprint density at radius 2 is 2.00 bits per heavy atom. The van der Waals surface area contributed by atoms with Crippen LogP contribution in [0.2, 0.25) is 0 Å². The summed E-state index contributed by atoms with van der Waals surface area (Å²) in [4.78, 5) is 27.0. The van der Waals surface area contributed by atoms with Crippen LogP contribution in [0.15, 0.2) is 18.2 Å². The second-order valence-electron chi connectivity index (χ2n) is 5.48. The van der Waals surface area contributed by atoms with Gasteiger partial charge in [-0.3, -0.25) is 4.79 Å². The normalized spacial score (nSPS) is 18.2. The van der Waals surface area contributed by atoms with Crippen LogP contribution in [0.4, 0.5) is 11.4 Å². The number of carbonyl (C=O) groups excluding carboxylic acids is 1. The number of hydrogen-bond donors (Lipinski definition) is 2. The van der Waals surface area contributed by atoms with Crippen LogP contribution in [-0.4, -0.2) is 47.6 Å². The van der Waals surface area contributed by atoms with E-state index in [1.165, 1.54) is 6.07 Å². The molecule has 1 aromatic rings. The van der Waals surface area contributed by atoms with Gasteiger partial charge in [0.2, 0.25) is 5.91 Å². The van der Waals surface area contributed by atoms with E-state index in [-0.39, 0.29) is 17.2 Å². The molecular weight excluding hydrogens is 258 g/mol. The summed E-state index contributed by atoms with van der Waals surface area (Å²) in [5, 5.41) is 9.14. The third kappa shape index (κ3) is 2.07. The van der Waals surface area contributed by atoms with E-state index < -0.39 is 11.5 Å². The Bertz CT molecular complexity index is 569. The number of para-hydroxylation sites is 1. The molecule has 1 aromatic carbocycles. The smallest absolute Gasteiger partial charge is 0.337 e. The number of amides is 1. The Morgan fingerprint density at radius 1 is 1.35 bits per heavy atom. The average Bonchev–Trinajstić information content (AvgIpc) is 2.37. The molecule has 0 saturated carbocycles. The van der Waals surface area contributed by atoms with Crippen molar-refractivity contribution in [2.24, 2.45) is 0 Å². The third-order valence-corrected chi connectivity index (χ3v) is 3.81. The predicted octanol–water partition coefficient (Wildman–Crippen LogP) is 1.02. The highest BCUT2D eigenvalue weighted by atomic mass is 16.4. The van der Waals surface area contributed by atoms with Crippen molar-refractivity contribution in [1.29, 1.82) is 0 Å². The maximum Gasteiger partial charge on any atom is 0.337 e. The molecule has 0 atom stereocenters. The van der Waals surface area contributed by atoms with Crippen molar-refractivity contribution in [3.05, 3.63) is 23.8 Å². The number of benzene rings is 1. The summed E-state index contributed by atoms with van der Waals surface area (Å²) in [7, 11) is 1.76. The third-order valence-electron chi connectivity index (χ3n) is 3.81. The van der Waals surface area contributed by atoms with E-state index in [9.17, 15) is 9.59 Å². The Morgan fingerprint density at radius 3 is 2.60 bits per heavy atom. The van der Waals surface area contributed by atoms with E-state index in [1.807, 2.05) is 18.7 Å². The first-order valence-corrected chi connectivity index (χ1v) is 6.42. The topological polar surface area (TPSA) is 86.9 Å². The number of carboxylic acid groups (broad SMARTS) is 1. The Labute approximate surface area is 117 Å². The quantitative estimate of drug-likeness (QED) is 0.788. The number of carboxylic acids is 1. The second-order valence-corrected chi connectivity index (χ2v) is 5.48. The molecule has 1 aliphatic rings. The lowest BCUT2D eigenvalue weighted by Crippen LogP contribution is -2.62. The van der Waals surface area contributed by atoms with Crippen LogP contribution in [0.25, 0.3) is 0 Å². The number of nitrogens with zero attached hydrogens (tertiary/aromatic N) is 2. The highest BCUT2D eigenvalue weighted by Gasteiger charge is 2.41. The summed E-state index contributed by atoms with van der Waals surface area (Å²) in [6.07, 6.45) is 0. The summed E-state index contributed by atoms with van der Waals surface area (Å²) in [6, 6.07) is 4.86. The first-order valence-electron chi connectivity index (χ1n) is 6.42. The van der Waals surface area contributed by atoms with Gasteiger partial charge in [0, 0.05) is 20.1 Å². The molecule has 0 aliphatic carbocycles. The minimum absolute atomic E-state index is 0.0103. The zero-order chi connectivity index (χ0) is 15.1. The molecule has 0 aromatic heterocycles. The fourth-order valence-corrected chi connectivity index (χ4v) is 2.61. The van der Waals surface area contributed by atoms with Gasteiger partial charge in [0.1, 0.15) is 5.54 Å². The molecule has 108 valence electrons. The summed E-state index contributed by atoms with van der Waals surface area (Å²) < 4.78 is 0. The maximum absolute atomic E-state index is 12.3. The highest BCUT2D eigenvalue weighted by Crippen LogP contribution is 2.34. The minimum atomic E-state index is -1.07. The number of nitrogen functional groups attached to an aromatic ring is 1. The molecule has 2 rings (SSSR count). The van der Waals surface area contributed by atoms with E-state index in [1.54, 1.807) is 24.1 Å². The lowest BCUT2D eigenvalue weighted by atomic mass is 9.96. The van der Waals surface area contributed by atoms with Gasteiger partial charge in [0.25, 0.3) is 0 Å². The molecule has 1 aliphatic heterocycles. The molecule has 0 bridgehead atoms. The number of rotatable bonds is 2. The summed E-state index contributed by atoms with van der Waals surface area (Å²) in [6.45, 7) is 4.83.